The lowest BCUT2D eigenvalue weighted by atomic mass is 10.2. The lowest BCUT2D eigenvalue weighted by Crippen LogP contribution is -2.23. The molecular weight excluding hydrogens is 296 g/mol. The lowest BCUT2D eigenvalue weighted by Gasteiger charge is -2.15. The standard InChI is InChI=1S/C12H13BrN4O/c13-9-4-3-6-16(12(9)18)8-11-15-14-10-5-1-2-7-17(10)11/h3-4,6H,1-2,5,7-8H2. The first-order valence-electron chi connectivity index (χ1n) is 6.01. The maximum atomic E-state index is 11.9. The molecule has 0 unspecified atom stereocenters. The summed E-state index contributed by atoms with van der Waals surface area (Å²) in [5.74, 6) is 1.91. The molecule has 0 saturated carbocycles. The van der Waals surface area contributed by atoms with Crippen LogP contribution in [0.5, 0.6) is 0 Å². The third-order valence-corrected chi connectivity index (χ3v) is 3.83. The van der Waals surface area contributed by atoms with Gasteiger partial charge in [0.05, 0.1) is 11.0 Å². The van der Waals surface area contributed by atoms with Gasteiger partial charge >= 0.3 is 0 Å². The summed E-state index contributed by atoms with van der Waals surface area (Å²) in [5, 5.41) is 8.39. The van der Waals surface area contributed by atoms with E-state index in [1.54, 1.807) is 16.8 Å². The predicted octanol–water partition coefficient (Wildman–Crippen LogP) is 1.59. The Morgan fingerprint density at radius 3 is 3.11 bits per heavy atom. The highest BCUT2D eigenvalue weighted by molar-refractivity contribution is 9.10. The minimum Gasteiger partial charge on any atom is -0.313 e. The van der Waals surface area contributed by atoms with E-state index in [9.17, 15) is 4.79 Å². The summed E-state index contributed by atoms with van der Waals surface area (Å²) in [6.07, 6.45) is 5.10. The van der Waals surface area contributed by atoms with Gasteiger partial charge in [0.25, 0.3) is 5.56 Å². The number of rotatable bonds is 2. The van der Waals surface area contributed by atoms with Gasteiger partial charge in [0.1, 0.15) is 5.82 Å². The zero-order chi connectivity index (χ0) is 12.5. The van der Waals surface area contributed by atoms with Crippen molar-refractivity contribution in [2.24, 2.45) is 0 Å². The van der Waals surface area contributed by atoms with Crippen LogP contribution in [0, 0.1) is 0 Å². The van der Waals surface area contributed by atoms with Crippen molar-refractivity contribution in [3.05, 3.63) is 44.8 Å². The topological polar surface area (TPSA) is 52.7 Å². The molecule has 2 aromatic heterocycles. The van der Waals surface area contributed by atoms with Crippen molar-refractivity contribution >= 4 is 15.9 Å². The summed E-state index contributed by atoms with van der Waals surface area (Å²) in [6.45, 7) is 1.44. The van der Waals surface area contributed by atoms with Crippen LogP contribution in [-0.4, -0.2) is 19.3 Å². The van der Waals surface area contributed by atoms with Gasteiger partial charge in [0.15, 0.2) is 5.82 Å². The molecule has 0 radical (unpaired) electrons. The Morgan fingerprint density at radius 1 is 1.33 bits per heavy atom. The number of hydrogen-bond donors (Lipinski definition) is 0. The second-order valence-electron chi connectivity index (χ2n) is 4.43. The Kier molecular flexibility index (Phi) is 3.03. The van der Waals surface area contributed by atoms with E-state index in [0.717, 1.165) is 31.0 Å². The second kappa shape index (κ2) is 4.68. The smallest absolute Gasteiger partial charge is 0.265 e. The van der Waals surface area contributed by atoms with Crippen LogP contribution < -0.4 is 5.56 Å². The molecule has 6 heteroatoms. The number of hydrogen-bond acceptors (Lipinski definition) is 3. The monoisotopic (exact) mass is 308 g/mol. The lowest BCUT2D eigenvalue weighted by molar-refractivity contribution is 0.500. The van der Waals surface area contributed by atoms with E-state index in [0.29, 0.717) is 11.0 Å². The fraction of sp³-hybridized carbons (Fsp3) is 0.417. The molecule has 94 valence electrons. The molecule has 0 amide bonds. The summed E-state index contributed by atoms with van der Waals surface area (Å²) >= 11 is 3.25. The highest BCUT2D eigenvalue weighted by atomic mass is 79.9. The van der Waals surface area contributed by atoms with Gasteiger partial charge in [-0.05, 0) is 40.9 Å². The first-order valence-corrected chi connectivity index (χ1v) is 6.81. The van der Waals surface area contributed by atoms with E-state index < -0.39 is 0 Å². The van der Waals surface area contributed by atoms with Gasteiger partial charge in [-0.15, -0.1) is 10.2 Å². The first-order chi connectivity index (χ1) is 8.75. The van der Waals surface area contributed by atoms with Gasteiger partial charge in [0, 0.05) is 19.2 Å². The molecule has 1 aliphatic rings. The van der Waals surface area contributed by atoms with Gasteiger partial charge in [-0.25, -0.2) is 0 Å². The van der Waals surface area contributed by atoms with Crippen molar-refractivity contribution in [2.45, 2.75) is 32.4 Å². The van der Waals surface area contributed by atoms with Crippen LogP contribution in [0.25, 0.3) is 0 Å². The van der Waals surface area contributed by atoms with Gasteiger partial charge < -0.3 is 9.13 Å². The minimum absolute atomic E-state index is 0.0364. The molecule has 1 aliphatic heterocycles. The average Bonchev–Trinajstić information content (AvgIpc) is 2.79. The van der Waals surface area contributed by atoms with E-state index in [2.05, 4.69) is 30.7 Å². The highest BCUT2D eigenvalue weighted by Crippen LogP contribution is 2.14. The number of nitrogens with zero attached hydrogens (tertiary/aromatic N) is 4. The van der Waals surface area contributed by atoms with Gasteiger partial charge in [0.2, 0.25) is 0 Å². The van der Waals surface area contributed by atoms with Crippen LogP contribution in [0.1, 0.15) is 24.5 Å². The first kappa shape index (κ1) is 11.6. The number of pyridine rings is 1. The zero-order valence-corrected chi connectivity index (χ0v) is 11.4. The summed E-state index contributed by atoms with van der Waals surface area (Å²) in [7, 11) is 0. The average molecular weight is 309 g/mol. The van der Waals surface area contributed by atoms with Crippen LogP contribution in [0.15, 0.2) is 27.6 Å². The molecule has 0 atom stereocenters. The van der Waals surface area contributed by atoms with Crippen LogP contribution >= 0.6 is 15.9 Å². The Morgan fingerprint density at radius 2 is 2.22 bits per heavy atom. The van der Waals surface area contributed by atoms with Crippen molar-refractivity contribution in [3.8, 4) is 0 Å². The normalized spacial score (nSPS) is 14.5. The van der Waals surface area contributed by atoms with Gasteiger partial charge in [-0.1, -0.05) is 0 Å². The molecule has 0 N–H and O–H groups in total. The van der Waals surface area contributed by atoms with Crippen LogP contribution in [0.2, 0.25) is 0 Å². The highest BCUT2D eigenvalue weighted by Gasteiger charge is 2.16. The fourth-order valence-electron chi connectivity index (χ4n) is 2.27. The number of halogens is 1. The van der Waals surface area contributed by atoms with Gasteiger partial charge in [-0.2, -0.15) is 0 Å². The SMILES string of the molecule is O=c1c(Br)cccn1Cc1nnc2n1CCCC2. The molecule has 3 rings (SSSR count). The van der Waals surface area contributed by atoms with E-state index in [-0.39, 0.29) is 5.56 Å². The van der Waals surface area contributed by atoms with Crippen molar-refractivity contribution < 1.29 is 0 Å². The minimum atomic E-state index is -0.0364. The molecule has 0 aliphatic carbocycles. The van der Waals surface area contributed by atoms with E-state index >= 15 is 0 Å². The zero-order valence-electron chi connectivity index (χ0n) is 9.84. The third-order valence-electron chi connectivity index (χ3n) is 3.22. The number of fused-ring (bicyclic) bond motifs is 1. The molecule has 5 nitrogen and oxygen atoms in total. The fourth-order valence-corrected chi connectivity index (χ4v) is 2.65. The molecule has 0 spiro atoms. The molecule has 2 aromatic rings. The third kappa shape index (κ3) is 2.01. The summed E-state index contributed by atoms with van der Waals surface area (Å²) in [6, 6.07) is 3.59. The van der Waals surface area contributed by atoms with E-state index in [4.69, 9.17) is 0 Å². The molecule has 0 aromatic carbocycles. The van der Waals surface area contributed by atoms with Crippen LogP contribution in [-0.2, 0) is 19.5 Å². The van der Waals surface area contributed by atoms with Crippen molar-refractivity contribution in [1.29, 1.82) is 0 Å². The van der Waals surface area contributed by atoms with Gasteiger partial charge in [-0.3, -0.25) is 4.79 Å². The quantitative estimate of drug-likeness (QED) is 0.846. The van der Waals surface area contributed by atoms with Crippen LogP contribution in [0.3, 0.4) is 0 Å². The van der Waals surface area contributed by atoms with E-state index in [1.165, 1.54) is 6.42 Å². The molecule has 0 fully saturated rings. The number of aryl methyl sites for hydroxylation is 1. The van der Waals surface area contributed by atoms with Crippen LogP contribution in [0.4, 0.5) is 0 Å². The molecule has 0 bridgehead atoms. The maximum Gasteiger partial charge on any atom is 0.265 e. The molecule has 0 saturated heterocycles. The second-order valence-corrected chi connectivity index (χ2v) is 5.28. The summed E-state index contributed by atoms with van der Waals surface area (Å²) in [5.41, 5.74) is -0.0364. The van der Waals surface area contributed by atoms with Crippen molar-refractivity contribution in [3.63, 3.8) is 0 Å². The molecular formula is C12H13BrN4O. The molecule has 3 heterocycles. The van der Waals surface area contributed by atoms with Crippen molar-refractivity contribution in [1.82, 2.24) is 19.3 Å². The van der Waals surface area contributed by atoms with E-state index in [1.807, 2.05) is 6.07 Å². The summed E-state index contributed by atoms with van der Waals surface area (Å²) < 4.78 is 4.36. The maximum absolute atomic E-state index is 11.9. The Balaban J connectivity index is 1.95. The Labute approximate surface area is 113 Å². The predicted molar refractivity (Wildman–Crippen MR) is 70.5 cm³/mol. The largest absolute Gasteiger partial charge is 0.313 e. The number of aromatic nitrogens is 4. The molecule has 18 heavy (non-hydrogen) atoms. The Hall–Kier alpha value is -1.43. The van der Waals surface area contributed by atoms with Crippen molar-refractivity contribution in [2.75, 3.05) is 0 Å². The Bertz CT molecular complexity index is 631. The summed E-state index contributed by atoms with van der Waals surface area (Å²) in [4.78, 5) is 11.9.